The smallest absolute Gasteiger partial charge is 0.138 e. The second-order valence-electron chi connectivity index (χ2n) is 6.06. The number of aryl methyl sites for hydroxylation is 1. The van der Waals surface area contributed by atoms with E-state index in [0.29, 0.717) is 30.4 Å². The standard InChI is InChI=1S/C17H26ClNO3/c1-13-4-5-16(18)17(10-13)21-9-8-20-7-6-19-11-14(2)22-15(3)12-19/h4-5,10,14-15H,6-9,11-12H2,1-3H3/p+1/t14-,15+. The van der Waals surface area contributed by atoms with Gasteiger partial charge in [0.15, 0.2) is 0 Å². The maximum atomic E-state index is 6.08. The molecule has 1 saturated heterocycles. The Kier molecular flexibility index (Phi) is 6.96. The third-order valence-electron chi connectivity index (χ3n) is 3.79. The molecule has 3 atom stereocenters. The molecule has 1 heterocycles. The molecule has 0 aliphatic carbocycles. The summed E-state index contributed by atoms with van der Waals surface area (Å²) in [6.45, 7) is 11.3. The number of quaternary nitrogens is 1. The number of hydrogen-bond donors (Lipinski definition) is 1. The molecule has 5 heteroatoms. The van der Waals surface area contributed by atoms with Crippen LogP contribution in [-0.2, 0) is 9.47 Å². The van der Waals surface area contributed by atoms with Gasteiger partial charge in [0.2, 0.25) is 0 Å². The number of ether oxygens (including phenoxy) is 3. The highest BCUT2D eigenvalue weighted by molar-refractivity contribution is 6.32. The maximum absolute atomic E-state index is 6.08. The number of benzene rings is 1. The highest BCUT2D eigenvalue weighted by atomic mass is 35.5. The fourth-order valence-corrected chi connectivity index (χ4v) is 3.02. The van der Waals surface area contributed by atoms with E-state index in [9.17, 15) is 0 Å². The number of rotatable bonds is 7. The van der Waals surface area contributed by atoms with Crippen LogP contribution in [0.1, 0.15) is 19.4 Å². The van der Waals surface area contributed by atoms with E-state index >= 15 is 0 Å². The van der Waals surface area contributed by atoms with E-state index in [1.807, 2.05) is 25.1 Å². The van der Waals surface area contributed by atoms with Gasteiger partial charge in [0.1, 0.15) is 44.2 Å². The summed E-state index contributed by atoms with van der Waals surface area (Å²) in [7, 11) is 0. The Bertz CT molecular complexity index is 459. The summed E-state index contributed by atoms with van der Waals surface area (Å²) >= 11 is 6.08. The third kappa shape index (κ3) is 5.76. The Morgan fingerprint density at radius 1 is 1.18 bits per heavy atom. The molecule has 0 amide bonds. The molecule has 0 aromatic heterocycles. The van der Waals surface area contributed by atoms with Crippen molar-refractivity contribution in [3.63, 3.8) is 0 Å². The van der Waals surface area contributed by atoms with Gasteiger partial charge >= 0.3 is 0 Å². The summed E-state index contributed by atoms with van der Waals surface area (Å²) in [5, 5.41) is 0.645. The Morgan fingerprint density at radius 3 is 2.64 bits per heavy atom. The average molecular weight is 329 g/mol. The topological polar surface area (TPSA) is 32.1 Å². The Balaban J connectivity index is 1.58. The van der Waals surface area contributed by atoms with Crippen LogP contribution in [-0.4, -0.2) is 51.7 Å². The van der Waals surface area contributed by atoms with Gasteiger partial charge in [-0.15, -0.1) is 0 Å². The van der Waals surface area contributed by atoms with E-state index in [2.05, 4.69) is 13.8 Å². The molecule has 1 aromatic carbocycles. The molecule has 0 saturated carbocycles. The molecule has 1 unspecified atom stereocenters. The molecular weight excluding hydrogens is 302 g/mol. The van der Waals surface area contributed by atoms with E-state index < -0.39 is 0 Å². The predicted octanol–water partition coefficient (Wildman–Crippen LogP) is 1.74. The van der Waals surface area contributed by atoms with Crippen molar-refractivity contribution >= 4 is 11.6 Å². The van der Waals surface area contributed by atoms with E-state index in [4.69, 9.17) is 25.8 Å². The van der Waals surface area contributed by atoms with Gasteiger partial charge < -0.3 is 19.1 Å². The highest BCUT2D eigenvalue weighted by Gasteiger charge is 2.24. The summed E-state index contributed by atoms with van der Waals surface area (Å²) in [4.78, 5) is 1.55. The molecule has 1 aromatic rings. The molecule has 1 fully saturated rings. The fourth-order valence-electron chi connectivity index (χ4n) is 2.84. The molecule has 1 N–H and O–H groups in total. The molecule has 1 aliphatic rings. The fraction of sp³-hybridized carbons (Fsp3) is 0.647. The van der Waals surface area contributed by atoms with Gasteiger partial charge in [0.25, 0.3) is 0 Å². The summed E-state index contributed by atoms with van der Waals surface area (Å²) < 4.78 is 17.1. The lowest BCUT2D eigenvalue weighted by Crippen LogP contribution is -3.15. The zero-order chi connectivity index (χ0) is 15.9. The highest BCUT2D eigenvalue weighted by Crippen LogP contribution is 2.24. The molecule has 4 nitrogen and oxygen atoms in total. The zero-order valence-corrected chi connectivity index (χ0v) is 14.5. The monoisotopic (exact) mass is 328 g/mol. The van der Waals surface area contributed by atoms with Gasteiger partial charge in [-0.3, -0.25) is 0 Å². The average Bonchev–Trinajstić information content (AvgIpc) is 2.45. The van der Waals surface area contributed by atoms with E-state index in [0.717, 1.165) is 37.6 Å². The minimum Gasteiger partial charge on any atom is -0.490 e. The molecular formula is C17H27ClNO3+. The van der Waals surface area contributed by atoms with Gasteiger partial charge in [-0.2, -0.15) is 0 Å². The Labute approximate surface area is 138 Å². The first kappa shape index (κ1) is 17.5. The van der Waals surface area contributed by atoms with Crippen molar-refractivity contribution in [3.8, 4) is 5.75 Å². The van der Waals surface area contributed by atoms with E-state index in [1.165, 1.54) is 0 Å². The van der Waals surface area contributed by atoms with Gasteiger partial charge in [-0.25, -0.2) is 0 Å². The minimum absolute atomic E-state index is 0.338. The third-order valence-corrected chi connectivity index (χ3v) is 4.10. The lowest BCUT2D eigenvalue weighted by Gasteiger charge is -2.32. The van der Waals surface area contributed by atoms with Crippen LogP contribution in [0.25, 0.3) is 0 Å². The quantitative estimate of drug-likeness (QED) is 0.774. The molecule has 1 aliphatic heterocycles. The normalized spacial score (nSPS) is 25.2. The van der Waals surface area contributed by atoms with Gasteiger partial charge in [0.05, 0.1) is 18.2 Å². The van der Waals surface area contributed by atoms with Crippen LogP contribution >= 0.6 is 11.6 Å². The number of nitrogens with one attached hydrogen (secondary N) is 1. The largest absolute Gasteiger partial charge is 0.490 e. The first-order valence-corrected chi connectivity index (χ1v) is 8.38. The van der Waals surface area contributed by atoms with Crippen molar-refractivity contribution in [2.24, 2.45) is 0 Å². The van der Waals surface area contributed by atoms with Crippen LogP contribution in [0.3, 0.4) is 0 Å². The summed E-state index contributed by atoms with van der Waals surface area (Å²) in [6.07, 6.45) is 0.677. The first-order chi connectivity index (χ1) is 10.5. The van der Waals surface area contributed by atoms with Crippen molar-refractivity contribution in [2.75, 3.05) is 39.5 Å². The number of hydrogen-bond acceptors (Lipinski definition) is 3. The minimum atomic E-state index is 0.338. The van der Waals surface area contributed by atoms with E-state index in [1.54, 1.807) is 4.90 Å². The van der Waals surface area contributed by atoms with Crippen molar-refractivity contribution in [1.29, 1.82) is 0 Å². The number of halogens is 1. The second-order valence-corrected chi connectivity index (χ2v) is 6.47. The SMILES string of the molecule is Cc1ccc(Cl)c(OCCOCC[NH+]2C[C@@H](C)O[C@@H](C)C2)c1. The summed E-state index contributed by atoms with van der Waals surface area (Å²) in [5.74, 6) is 0.728. The van der Waals surface area contributed by atoms with Crippen molar-refractivity contribution < 1.29 is 19.1 Å². The molecule has 0 bridgehead atoms. The first-order valence-electron chi connectivity index (χ1n) is 8.00. The molecule has 124 valence electrons. The van der Waals surface area contributed by atoms with Gasteiger partial charge in [0, 0.05) is 0 Å². The zero-order valence-electron chi connectivity index (χ0n) is 13.7. The maximum Gasteiger partial charge on any atom is 0.138 e. The van der Waals surface area contributed by atoms with Crippen LogP contribution in [0.4, 0.5) is 0 Å². The van der Waals surface area contributed by atoms with E-state index in [-0.39, 0.29) is 0 Å². The number of morpholine rings is 1. The lowest BCUT2D eigenvalue weighted by atomic mass is 10.2. The van der Waals surface area contributed by atoms with Crippen molar-refractivity contribution in [2.45, 2.75) is 33.0 Å². The molecule has 22 heavy (non-hydrogen) atoms. The van der Waals surface area contributed by atoms with Crippen molar-refractivity contribution in [3.05, 3.63) is 28.8 Å². The summed E-state index contributed by atoms with van der Waals surface area (Å²) in [5.41, 5.74) is 1.14. The van der Waals surface area contributed by atoms with Crippen LogP contribution in [0.5, 0.6) is 5.75 Å². The lowest BCUT2D eigenvalue weighted by molar-refractivity contribution is -0.915. The van der Waals surface area contributed by atoms with Crippen LogP contribution in [0.15, 0.2) is 18.2 Å². The molecule has 2 rings (SSSR count). The second kappa shape index (κ2) is 8.73. The van der Waals surface area contributed by atoms with Crippen molar-refractivity contribution in [1.82, 2.24) is 0 Å². The molecule has 0 radical (unpaired) electrons. The Hall–Kier alpha value is -0.810. The van der Waals surface area contributed by atoms with Crippen LogP contribution in [0, 0.1) is 6.92 Å². The summed E-state index contributed by atoms with van der Waals surface area (Å²) in [6, 6.07) is 5.78. The van der Waals surface area contributed by atoms with Gasteiger partial charge in [-0.05, 0) is 38.5 Å². The predicted molar refractivity (Wildman–Crippen MR) is 88.1 cm³/mol. The van der Waals surface area contributed by atoms with Crippen LogP contribution in [0.2, 0.25) is 5.02 Å². The Morgan fingerprint density at radius 2 is 1.91 bits per heavy atom. The van der Waals surface area contributed by atoms with Crippen LogP contribution < -0.4 is 9.64 Å². The van der Waals surface area contributed by atoms with Gasteiger partial charge in [-0.1, -0.05) is 17.7 Å². The molecule has 0 spiro atoms.